The normalized spacial score (nSPS) is 11.2. The van der Waals surface area contributed by atoms with Gasteiger partial charge in [0.1, 0.15) is 4.90 Å². The average molecular weight is 291 g/mol. The highest BCUT2D eigenvalue weighted by Crippen LogP contribution is 2.28. The standard InChI is InChI=1S/C11H15ClN2O3S/c1-2-14-10(15)6-7-18(16,17)11-8(12)4-3-5-9(11)13/h3-5H,2,6-7,13H2,1H3,(H,14,15). The van der Waals surface area contributed by atoms with E-state index in [0.717, 1.165) is 0 Å². The predicted octanol–water partition coefficient (Wildman–Crippen LogP) is 1.22. The van der Waals surface area contributed by atoms with E-state index in [1.807, 2.05) is 0 Å². The van der Waals surface area contributed by atoms with Crippen molar-refractivity contribution < 1.29 is 13.2 Å². The van der Waals surface area contributed by atoms with Gasteiger partial charge in [-0.05, 0) is 19.1 Å². The van der Waals surface area contributed by atoms with Gasteiger partial charge in [0.25, 0.3) is 0 Å². The molecule has 0 fully saturated rings. The maximum absolute atomic E-state index is 12.0. The number of nitrogens with two attached hydrogens (primary N) is 1. The molecular weight excluding hydrogens is 276 g/mol. The van der Waals surface area contributed by atoms with Gasteiger partial charge in [0.2, 0.25) is 5.91 Å². The van der Waals surface area contributed by atoms with Crippen LogP contribution in [0.25, 0.3) is 0 Å². The first-order valence-corrected chi connectivity index (χ1v) is 7.45. The van der Waals surface area contributed by atoms with Crippen LogP contribution in [0.2, 0.25) is 5.02 Å². The van der Waals surface area contributed by atoms with Crippen LogP contribution in [-0.2, 0) is 14.6 Å². The second-order valence-corrected chi connectivity index (χ2v) is 6.13. The van der Waals surface area contributed by atoms with E-state index >= 15 is 0 Å². The molecule has 0 aliphatic heterocycles. The lowest BCUT2D eigenvalue weighted by Gasteiger charge is -2.09. The van der Waals surface area contributed by atoms with Crippen LogP contribution in [0.4, 0.5) is 5.69 Å². The zero-order chi connectivity index (χ0) is 13.8. The van der Waals surface area contributed by atoms with Crippen LogP contribution in [0.1, 0.15) is 13.3 Å². The summed E-state index contributed by atoms with van der Waals surface area (Å²) in [6, 6.07) is 4.49. The Bertz CT molecular complexity index is 523. The number of rotatable bonds is 5. The van der Waals surface area contributed by atoms with Gasteiger partial charge in [0, 0.05) is 13.0 Å². The van der Waals surface area contributed by atoms with Crippen LogP contribution in [0, 0.1) is 0 Å². The molecule has 1 aromatic carbocycles. The molecule has 0 aromatic heterocycles. The second kappa shape index (κ2) is 6.06. The Morgan fingerprint density at radius 3 is 2.67 bits per heavy atom. The Kier molecular flexibility index (Phi) is 4.98. The molecule has 18 heavy (non-hydrogen) atoms. The summed E-state index contributed by atoms with van der Waals surface area (Å²) in [5, 5.41) is 2.61. The lowest BCUT2D eigenvalue weighted by molar-refractivity contribution is -0.120. The van der Waals surface area contributed by atoms with E-state index < -0.39 is 9.84 Å². The Labute approximate surface area is 111 Å². The first-order chi connectivity index (χ1) is 8.38. The maximum Gasteiger partial charge on any atom is 0.221 e. The van der Waals surface area contributed by atoms with Crippen LogP contribution in [0.3, 0.4) is 0 Å². The highest BCUT2D eigenvalue weighted by atomic mass is 35.5. The maximum atomic E-state index is 12.0. The Morgan fingerprint density at radius 1 is 1.44 bits per heavy atom. The smallest absolute Gasteiger partial charge is 0.221 e. The van der Waals surface area contributed by atoms with Crippen LogP contribution < -0.4 is 11.1 Å². The summed E-state index contributed by atoms with van der Waals surface area (Å²) >= 11 is 5.83. The van der Waals surface area contributed by atoms with E-state index in [1.54, 1.807) is 13.0 Å². The summed E-state index contributed by atoms with van der Waals surface area (Å²) in [6.45, 7) is 2.23. The number of anilines is 1. The fraction of sp³-hybridized carbons (Fsp3) is 0.364. The first-order valence-electron chi connectivity index (χ1n) is 5.42. The summed E-state index contributed by atoms with van der Waals surface area (Å²) < 4.78 is 24.1. The van der Waals surface area contributed by atoms with Crippen LogP contribution in [0.15, 0.2) is 23.1 Å². The van der Waals surface area contributed by atoms with Gasteiger partial charge in [-0.1, -0.05) is 17.7 Å². The number of hydrogen-bond donors (Lipinski definition) is 2. The summed E-state index contributed by atoms with van der Waals surface area (Å²) in [6.07, 6.45) is -0.110. The molecule has 0 saturated heterocycles. The van der Waals surface area contributed by atoms with E-state index in [0.29, 0.717) is 6.54 Å². The van der Waals surface area contributed by atoms with Crippen LogP contribution >= 0.6 is 11.6 Å². The fourth-order valence-corrected chi connectivity index (χ4v) is 3.45. The molecule has 1 aromatic rings. The average Bonchev–Trinajstić information content (AvgIpc) is 2.26. The first kappa shape index (κ1) is 14.8. The van der Waals surface area contributed by atoms with Crippen molar-refractivity contribution in [3.8, 4) is 0 Å². The van der Waals surface area contributed by atoms with Gasteiger partial charge in [-0.25, -0.2) is 8.42 Å². The Morgan fingerprint density at radius 2 is 2.11 bits per heavy atom. The van der Waals surface area contributed by atoms with Gasteiger partial charge in [-0.2, -0.15) is 0 Å². The molecule has 100 valence electrons. The van der Waals surface area contributed by atoms with Gasteiger partial charge < -0.3 is 11.1 Å². The second-order valence-electron chi connectivity index (χ2n) is 3.68. The zero-order valence-electron chi connectivity index (χ0n) is 9.94. The van der Waals surface area contributed by atoms with Gasteiger partial charge >= 0.3 is 0 Å². The third-order valence-electron chi connectivity index (χ3n) is 2.28. The molecule has 1 rings (SSSR count). The van der Waals surface area contributed by atoms with Crippen molar-refractivity contribution in [2.75, 3.05) is 18.0 Å². The number of halogens is 1. The van der Waals surface area contributed by atoms with Crippen LogP contribution in [-0.4, -0.2) is 26.6 Å². The van der Waals surface area contributed by atoms with Crippen molar-refractivity contribution >= 4 is 33.0 Å². The molecular formula is C11H15ClN2O3S. The molecule has 0 atom stereocenters. The molecule has 0 saturated carbocycles. The number of benzene rings is 1. The molecule has 5 nitrogen and oxygen atoms in total. The fourth-order valence-electron chi connectivity index (χ4n) is 1.47. The SMILES string of the molecule is CCNC(=O)CCS(=O)(=O)c1c(N)cccc1Cl. The lowest BCUT2D eigenvalue weighted by Crippen LogP contribution is -2.25. The molecule has 0 unspecified atom stereocenters. The van der Waals surface area contributed by atoms with E-state index in [1.165, 1.54) is 12.1 Å². The largest absolute Gasteiger partial charge is 0.398 e. The summed E-state index contributed by atoms with van der Waals surface area (Å²) in [5.74, 6) is -0.626. The molecule has 0 radical (unpaired) electrons. The zero-order valence-corrected chi connectivity index (χ0v) is 11.5. The topological polar surface area (TPSA) is 89.3 Å². The molecule has 1 amide bonds. The minimum atomic E-state index is -3.65. The molecule has 0 spiro atoms. The van der Waals surface area contributed by atoms with Crippen molar-refractivity contribution in [1.29, 1.82) is 0 Å². The third kappa shape index (κ3) is 3.61. The summed E-state index contributed by atoms with van der Waals surface area (Å²) in [4.78, 5) is 11.2. The quantitative estimate of drug-likeness (QED) is 0.798. The number of nitrogen functional groups attached to an aromatic ring is 1. The third-order valence-corrected chi connectivity index (χ3v) is 4.53. The molecule has 7 heteroatoms. The number of hydrogen-bond acceptors (Lipinski definition) is 4. The van der Waals surface area contributed by atoms with E-state index in [-0.39, 0.29) is 33.7 Å². The highest BCUT2D eigenvalue weighted by Gasteiger charge is 2.22. The van der Waals surface area contributed by atoms with Gasteiger partial charge in [0.15, 0.2) is 9.84 Å². The van der Waals surface area contributed by atoms with Crippen LogP contribution in [0.5, 0.6) is 0 Å². The predicted molar refractivity (Wildman–Crippen MR) is 71.2 cm³/mol. The monoisotopic (exact) mass is 290 g/mol. The lowest BCUT2D eigenvalue weighted by atomic mass is 10.3. The number of sulfone groups is 1. The minimum absolute atomic E-state index is 0.0749. The van der Waals surface area contributed by atoms with Crippen molar-refractivity contribution in [3.63, 3.8) is 0 Å². The minimum Gasteiger partial charge on any atom is -0.398 e. The highest BCUT2D eigenvalue weighted by molar-refractivity contribution is 7.91. The van der Waals surface area contributed by atoms with Crippen molar-refractivity contribution in [3.05, 3.63) is 23.2 Å². The number of amides is 1. The Balaban J connectivity index is 2.91. The van der Waals surface area contributed by atoms with Crippen molar-refractivity contribution in [2.45, 2.75) is 18.2 Å². The number of carbonyl (C=O) groups is 1. The summed E-state index contributed by atoms with van der Waals surface area (Å²) in [7, 11) is -3.65. The van der Waals surface area contributed by atoms with E-state index in [2.05, 4.69) is 5.32 Å². The van der Waals surface area contributed by atoms with E-state index in [4.69, 9.17) is 17.3 Å². The van der Waals surface area contributed by atoms with Gasteiger partial charge in [-0.3, -0.25) is 4.79 Å². The molecule has 0 heterocycles. The van der Waals surface area contributed by atoms with Gasteiger partial charge in [0.05, 0.1) is 16.5 Å². The van der Waals surface area contributed by atoms with Crippen molar-refractivity contribution in [1.82, 2.24) is 5.32 Å². The molecule has 0 aliphatic rings. The number of carbonyl (C=O) groups excluding carboxylic acids is 1. The van der Waals surface area contributed by atoms with Crippen molar-refractivity contribution in [2.24, 2.45) is 0 Å². The summed E-state index contributed by atoms with van der Waals surface area (Å²) in [5.41, 5.74) is 5.70. The Hall–Kier alpha value is -1.27. The molecule has 0 bridgehead atoms. The van der Waals surface area contributed by atoms with E-state index in [9.17, 15) is 13.2 Å². The molecule has 0 aliphatic carbocycles. The molecule has 3 N–H and O–H groups in total. The number of nitrogens with one attached hydrogen (secondary N) is 1. The van der Waals surface area contributed by atoms with Gasteiger partial charge in [-0.15, -0.1) is 0 Å².